The summed E-state index contributed by atoms with van der Waals surface area (Å²) in [6.07, 6.45) is 1.74. The zero-order valence-electron chi connectivity index (χ0n) is 18.2. The largest absolute Gasteiger partial charge is 0.573 e. The Balaban J connectivity index is 1.56. The number of halogens is 3. The van der Waals surface area contributed by atoms with E-state index in [4.69, 9.17) is 0 Å². The predicted molar refractivity (Wildman–Crippen MR) is 123 cm³/mol. The number of benzene rings is 2. The molecule has 2 aromatic carbocycles. The molecule has 2 N–H and O–H groups in total. The lowest BCUT2D eigenvalue weighted by atomic mass is 9.96. The summed E-state index contributed by atoms with van der Waals surface area (Å²) in [5, 5.41) is 6.75. The quantitative estimate of drug-likeness (QED) is 0.408. The van der Waals surface area contributed by atoms with Crippen molar-refractivity contribution in [3.8, 4) is 17.0 Å². The highest BCUT2D eigenvalue weighted by Gasteiger charge is 2.31. The van der Waals surface area contributed by atoms with E-state index < -0.39 is 6.36 Å². The van der Waals surface area contributed by atoms with Gasteiger partial charge in [0.2, 0.25) is 5.95 Å². The van der Waals surface area contributed by atoms with Crippen molar-refractivity contribution in [1.29, 1.82) is 0 Å². The van der Waals surface area contributed by atoms with Crippen LogP contribution in [0, 0.1) is 0 Å². The second kappa shape index (κ2) is 10.6. The molecule has 4 rings (SSSR count). The minimum Gasteiger partial charge on any atom is -0.406 e. The number of nitrogens with zero attached hydrogens (tertiary/aromatic N) is 2. The molecular weight excluding hydrogens is 429 g/mol. The smallest absolute Gasteiger partial charge is 0.406 e. The standard InChI is InChI=1S/C25H27F3N4O/c26-25(27,28)33-21-13-7-10-19(16-21)22-17-23(29-15-14-18-8-3-1-4-9-18)32-24(31-22)30-20-11-5-2-6-12-20/h1,3-4,7-10,13,16-17,20H,2,5-6,11-12,14-15H2,(H2,29,30,31,32). The molecule has 0 spiro atoms. The minimum atomic E-state index is -4.75. The highest BCUT2D eigenvalue weighted by Crippen LogP contribution is 2.29. The second-order valence-electron chi connectivity index (χ2n) is 8.18. The summed E-state index contributed by atoms with van der Waals surface area (Å²) >= 11 is 0. The lowest BCUT2D eigenvalue weighted by Crippen LogP contribution is -2.24. The fourth-order valence-corrected chi connectivity index (χ4v) is 4.01. The Hall–Kier alpha value is -3.29. The summed E-state index contributed by atoms with van der Waals surface area (Å²) in [5.74, 6) is 0.819. The number of hydrogen-bond donors (Lipinski definition) is 2. The Morgan fingerprint density at radius 1 is 0.909 bits per heavy atom. The summed E-state index contributed by atoms with van der Waals surface area (Å²) in [7, 11) is 0. The van der Waals surface area contributed by atoms with Crippen molar-refractivity contribution in [3.63, 3.8) is 0 Å². The number of aromatic nitrogens is 2. The number of alkyl halides is 3. The SMILES string of the molecule is FC(F)(F)Oc1cccc(-c2cc(NCCc3ccccc3)nc(NC3CCCCC3)n2)c1. The van der Waals surface area contributed by atoms with Crippen LogP contribution in [-0.4, -0.2) is 28.9 Å². The van der Waals surface area contributed by atoms with E-state index in [0.29, 0.717) is 35.6 Å². The van der Waals surface area contributed by atoms with Gasteiger partial charge in [-0.25, -0.2) is 4.98 Å². The van der Waals surface area contributed by atoms with E-state index in [1.165, 1.54) is 30.2 Å². The molecule has 0 bridgehead atoms. The first kappa shape index (κ1) is 22.9. The van der Waals surface area contributed by atoms with Crippen LogP contribution >= 0.6 is 0 Å². The van der Waals surface area contributed by atoms with E-state index in [-0.39, 0.29) is 5.75 Å². The lowest BCUT2D eigenvalue weighted by molar-refractivity contribution is -0.274. The van der Waals surface area contributed by atoms with Crippen molar-refractivity contribution >= 4 is 11.8 Å². The van der Waals surface area contributed by atoms with Crippen LogP contribution < -0.4 is 15.4 Å². The molecule has 1 fully saturated rings. The molecule has 0 amide bonds. The van der Waals surface area contributed by atoms with Gasteiger partial charge in [0, 0.05) is 24.2 Å². The maximum absolute atomic E-state index is 12.7. The van der Waals surface area contributed by atoms with Gasteiger partial charge in [-0.15, -0.1) is 13.2 Å². The highest BCUT2D eigenvalue weighted by atomic mass is 19.4. The third-order valence-electron chi connectivity index (χ3n) is 5.59. The number of rotatable bonds is 8. The van der Waals surface area contributed by atoms with Gasteiger partial charge in [-0.3, -0.25) is 0 Å². The number of anilines is 2. The van der Waals surface area contributed by atoms with Crippen molar-refractivity contribution in [3.05, 3.63) is 66.2 Å². The fourth-order valence-electron chi connectivity index (χ4n) is 4.01. The van der Waals surface area contributed by atoms with Crippen molar-refractivity contribution in [2.45, 2.75) is 50.9 Å². The molecule has 0 saturated heterocycles. The second-order valence-corrected chi connectivity index (χ2v) is 8.18. The van der Waals surface area contributed by atoms with Crippen molar-refractivity contribution in [1.82, 2.24) is 9.97 Å². The van der Waals surface area contributed by atoms with Crippen LogP contribution in [0.5, 0.6) is 5.75 Å². The van der Waals surface area contributed by atoms with Crippen molar-refractivity contribution in [2.75, 3.05) is 17.2 Å². The Bertz CT molecular complexity index is 1040. The Kier molecular flexibility index (Phi) is 7.32. The third-order valence-corrected chi connectivity index (χ3v) is 5.59. The monoisotopic (exact) mass is 456 g/mol. The minimum absolute atomic E-state index is 0.279. The van der Waals surface area contributed by atoms with Crippen LogP contribution in [0.4, 0.5) is 24.9 Å². The topological polar surface area (TPSA) is 59.1 Å². The summed E-state index contributed by atoms with van der Waals surface area (Å²) in [6.45, 7) is 0.667. The van der Waals surface area contributed by atoms with Gasteiger partial charge in [0.15, 0.2) is 0 Å². The van der Waals surface area contributed by atoms with Crippen LogP contribution in [0.15, 0.2) is 60.7 Å². The molecule has 1 heterocycles. The van der Waals surface area contributed by atoms with Gasteiger partial charge in [-0.05, 0) is 37.0 Å². The third kappa shape index (κ3) is 7.10. The molecule has 1 aromatic heterocycles. The molecule has 1 aliphatic rings. The van der Waals surface area contributed by atoms with E-state index in [2.05, 4.69) is 37.5 Å². The average molecular weight is 457 g/mol. The molecule has 5 nitrogen and oxygen atoms in total. The number of nitrogens with one attached hydrogen (secondary N) is 2. The van der Waals surface area contributed by atoms with Crippen LogP contribution in [0.3, 0.4) is 0 Å². The van der Waals surface area contributed by atoms with E-state index in [1.54, 1.807) is 12.1 Å². The van der Waals surface area contributed by atoms with Gasteiger partial charge in [-0.1, -0.05) is 61.7 Å². The average Bonchev–Trinajstić information content (AvgIpc) is 2.79. The Morgan fingerprint density at radius 3 is 2.45 bits per heavy atom. The molecular formula is C25H27F3N4O. The Morgan fingerprint density at radius 2 is 1.70 bits per heavy atom. The molecule has 0 atom stereocenters. The van der Waals surface area contributed by atoms with Gasteiger partial charge >= 0.3 is 6.36 Å². The van der Waals surface area contributed by atoms with Crippen LogP contribution in [0.2, 0.25) is 0 Å². The van der Waals surface area contributed by atoms with Gasteiger partial charge in [0.05, 0.1) is 5.69 Å². The molecule has 174 valence electrons. The molecule has 1 aliphatic carbocycles. The van der Waals surface area contributed by atoms with Gasteiger partial charge in [0.1, 0.15) is 11.6 Å². The van der Waals surface area contributed by atoms with Crippen molar-refractivity contribution in [2.24, 2.45) is 0 Å². The highest BCUT2D eigenvalue weighted by molar-refractivity contribution is 5.66. The number of hydrogen-bond acceptors (Lipinski definition) is 5. The van der Waals surface area contributed by atoms with Gasteiger partial charge in [0.25, 0.3) is 0 Å². The van der Waals surface area contributed by atoms with E-state index in [9.17, 15) is 13.2 Å². The summed E-state index contributed by atoms with van der Waals surface area (Å²) < 4.78 is 42.1. The normalized spacial score (nSPS) is 14.6. The first-order chi connectivity index (χ1) is 15.9. The van der Waals surface area contributed by atoms with Gasteiger partial charge < -0.3 is 15.4 Å². The molecule has 0 unspecified atom stereocenters. The molecule has 0 radical (unpaired) electrons. The van der Waals surface area contributed by atoms with Crippen LogP contribution in [0.1, 0.15) is 37.7 Å². The maximum atomic E-state index is 12.7. The van der Waals surface area contributed by atoms with Crippen molar-refractivity contribution < 1.29 is 17.9 Å². The summed E-state index contributed by atoms with van der Waals surface area (Å²) in [5.41, 5.74) is 2.26. The van der Waals surface area contributed by atoms with E-state index >= 15 is 0 Å². The zero-order valence-corrected chi connectivity index (χ0v) is 18.2. The number of ether oxygens (including phenoxy) is 1. The molecule has 3 aromatic rings. The summed E-state index contributed by atoms with van der Waals surface area (Å²) in [6, 6.07) is 18.0. The maximum Gasteiger partial charge on any atom is 0.573 e. The van der Waals surface area contributed by atoms with Crippen LogP contribution in [0.25, 0.3) is 11.3 Å². The molecule has 1 saturated carbocycles. The fraction of sp³-hybridized carbons (Fsp3) is 0.360. The summed E-state index contributed by atoms with van der Waals surface area (Å²) in [4.78, 5) is 9.22. The molecule has 33 heavy (non-hydrogen) atoms. The zero-order chi connectivity index (χ0) is 23.1. The van der Waals surface area contributed by atoms with E-state index in [0.717, 1.165) is 32.1 Å². The Labute approximate surface area is 191 Å². The predicted octanol–water partition coefficient (Wildman–Crippen LogP) is 6.44. The van der Waals surface area contributed by atoms with Gasteiger partial charge in [-0.2, -0.15) is 4.98 Å². The molecule has 0 aliphatic heterocycles. The molecule has 8 heteroatoms. The van der Waals surface area contributed by atoms with E-state index in [1.807, 2.05) is 18.2 Å². The first-order valence-electron chi connectivity index (χ1n) is 11.2. The first-order valence-corrected chi connectivity index (χ1v) is 11.2. The lowest BCUT2D eigenvalue weighted by Gasteiger charge is -2.23. The van der Waals surface area contributed by atoms with Crippen LogP contribution in [-0.2, 0) is 6.42 Å².